The molecule has 1 N–H and O–H groups in total. The van der Waals surface area contributed by atoms with Crippen LogP contribution in [0, 0.1) is 5.92 Å². The van der Waals surface area contributed by atoms with Crippen molar-refractivity contribution in [2.75, 3.05) is 20.1 Å². The highest BCUT2D eigenvalue weighted by molar-refractivity contribution is 7.89. The van der Waals surface area contributed by atoms with Crippen molar-refractivity contribution < 1.29 is 18.0 Å². The van der Waals surface area contributed by atoms with E-state index in [1.807, 2.05) is 32.9 Å². The van der Waals surface area contributed by atoms with Gasteiger partial charge in [-0.2, -0.15) is 0 Å². The summed E-state index contributed by atoms with van der Waals surface area (Å²) in [7, 11) is -2.12. The lowest BCUT2D eigenvalue weighted by Crippen LogP contribution is -2.49. The molecule has 2 aromatic rings. The summed E-state index contributed by atoms with van der Waals surface area (Å²) in [5.41, 5.74) is 0.863. The maximum Gasteiger partial charge on any atom is 0.242 e. The van der Waals surface area contributed by atoms with Crippen LogP contribution < -0.4 is 5.32 Å². The Labute approximate surface area is 214 Å². The van der Waals surface area contributed by atoms with Crippen molar-refractivity contribution in [3.05, 3.63) is 65.2 Å². The van der Waals surface area contributed by atoms with Gasteiger partial charge >= 0.3 is 0 Å². The van der Waals surface area contributed by atoms with Crippen LogP contribution in [0.2, 0.25) is 5.02 Å². The van der Waals surface area contributed by atoms with Gasteiger partial charge in [0.25, 0.3) is 0 Å². The molecule has 1 atom stereocenters. The monoisotopic (exact) mass is 521 g/mol. The van der Waals surface area contributed by atoms with Gasteiger partial charge in [-0.05, 0) is 48.6 Å². The summed E-state index contributed by atoms with van der Waals surface area (Å²) >= 11 is 6.00. The Morgan fingerprint density at radius 1 is 1.03 bits per heavy atom. The first-order valence-electron chi connectivity index (χ1n) is 11.9. The highest BCUT2D eigenvalue weighted by Crippen LogP contribution is 2.18. The molecule has 2 amide bonds. The average molecular weight is 522 g/mol. The van der Waals surface area contributed by atoms with E-state index >= 15 is 0 Å². The smallest absolute Gasteiger partial charge is 0.242 e. The van der Waals surface area contributed by atoms with Crippen molar-refractivity contribution in [3.63, 3.8) is 0 Å². The molecule has 35 heavy (non-hydrogen) atoms. The number of nitrogens with one attached hydrogen (secondary N) is 1. The number of rotatable bonds is 13. The highest BCUT2D eigenvalue weighted by Gasteiger charge is 2.29. The van der Waals surface area contributed by atoms with Crippen LogP contribution in [0.5, 0.6) is 0 Å². The van der Waals surface area contributed by atoms with Crippen LogP contribution in [0.4, 0.5) is 0 Å². The maximum absolute atomic E-state index is 13.3. The summed E-state index contributed by atoms with van der Waals surface area (Å²) in [5, 5.41) is 3.53. The number of halogens is 1. The molecule has 0 spiro atoms. The van der Waals surface area contributed by atoms with Crippen LogP contribution in [0.15, 0.2) is 59.5 Å². The quantitative estimate of drug-likeness (QED) is 0.425. The summed E-state index contributed by atoms with van der Waals surface area (Å²) in [4.78, 5) is 28.0. The summed E-state index contributed by atoms with van der Waals surface area (Å²) in [5.74, 6) is -0.0942. The Bertz CT molecular complexity index is 1060. The van der Waals surface area contributed by atoms with Crippen molar-refractivity contribution in [3.8, 4) is 0 Å². The zero-order valence-electron chi connectivity index (χ0n) is 20.9. The number of hydrogen-bond acceptors (Lipinski definition) is 4. The van der Waals surface area contributed by atoms with Crippen molar-refractivity contribution in [1.82, 2.24) is 14.5 Å². The molecule has 2 rings (SSSR count). The Balaban J connectivity index is 2.11. The number of amides is 2. The minimum absolute atomic E-state index is 0.121. The van der Waals surface area contributed by atoms with E-state index < -0.39 is 16.1 Å². The average Bonchev–Trinajstić information content (AvgIpc) is 2.84. The third-order valence-electron chi connectivity index (χ3n) is 5.65. The van der Waals surface area contributed by atoms with Crippen molar-refractivity contribution in [2.24, 2.45) is 5.92 Å². The Morgan fingerprint density at radius 3 is 2.23 bits per heavy atom. The zero-order valence-corrected chi connectivity index (χ0v) is 22.5. The fraction of sp³-hybridized carbons (Fsp3) is 0.462. The third-order valence-corrected chi connectivity index (χ3v) is 7.77. The lowest BCUT2D eigenvalue weighted by atomic mass is 10.1. The SMILES string of the molecule is CCC(C(=O)NCC(C)C)N(Cc1ccc(Cl)cc1)C(=O)CCCN(C)S(=O)(=O)c1ccccc1. The number of carbonyl (C=O) groups excluding carboxylic acids is 2. The number of nitrogens with zero attached hydrogens (tertiary/aromatic N) is 2. The summed E-state index contributed by atoms with van der Waals surface area (Å²) < 4.78 is 26.8. The van der Waals surface area contributed by atoms with E-state index in [1.54, 1.807) is 47.4 Å². The fourth-order valence-corrected chi connectivity index (χ4v) is 4.97. The zero-order chi connectivity index (χ0) is 26.0. The molecule has 0 aliphatic heterocycles. The molecule has 1 unspecified atom stereocenters. The largest absolute Gasteiger partial charge is 0.354 e. The minimum atomic E-state index is -3.63. The molecule has 0 aromatic heterocycles. The molecule has 0 heterocycles. The molecule has 2 aromatic carbocycles. The van der Waals surface area contributed by atoms with E-state index in [0.717, 1.165) is 5.56 Å². The minimum Gasteiger partial charge on any atom is -0.354 e. The molecule has 0 aliphatic carbocycles. The molecule has 9 heteroatoms. The molecule has 7 nitrogen and oxygen atoms in total. The topological polar surface area (TPSA) is 86.8 Å². The van der Waals surface area contributed by atoms with E-state index in [9.17, 15) is 18.0 Å². The van der Waals surface area contributed by atoms with Crippen molar-refractivity contribution in [1.29, 1.82) is 0 Å². The first-order valence-corrected chi connectivity index (χ1v) is 13.7. The van der Waals surface area contributed by atoms with Crippen LogP contribution in [0.1, 0.15) is 45.6 Å². The van der Waals surface area contributed by atoms with Gasteiger partial charge in [0, 0.05) is 38.1 Å². The van der Waals surface area contributed by atoms with Crippen LogP contribution in [0.3, 0.4) is 0 Å². The summed E-state index contributed by atoms with van der Waals surface area (Å²) in [6.07, 6.45) is 0.921. The van der Waals surface area contributed by atoms with Crippen molar-refractivity contribution >= 4 is 33.4 Å². The molecular formula is C26H36ClN3O4S. The first kappa shape index (κ1) is 28.8. The lowest BCUT2D eigenvalue weighted by molar-refractivity contribution is -0.141. The Kier molecular flexibility index (Phi) is 11.2. The second-order valence-corrected chi connectivity index (χ2v) is 11.4. The number of hydrogen-bond donors (Lipinski definition) is 1. The molecule has 192 valence electrons. The van der Waals surface area contributed by atoms with Crippen molar-refractivity contribution in [2.45, 2.75) is 57.5 Å². The highest BCUT2D eigenvalue weighted by atomic mass is 35.5. The van der Waals surface area contributed by atoms with Crippen LogP contribution in [0.25, 0.3) is 0 Å². The number of sulfonamides is 1. The first-order chi connectivity index (χ1) is 16.6. The van der Waals surface area contributed by atoms with E-state index in [0.29, 0.717) is 30.3 Å². The number of benzene rings is 2. The van der Waals surface area contributed by atoms with Gasteiger partial charge in [0.15, 0.2) is 0 Å². The van der Waals surface area contributed by atoms with Gasteiger partial charge in [-0.25, -0.2) is 12.7 Å². The van der Waals surface area contributed by atoms with Gasteiger partial charge in [0.1, 0.15) is 6.04 Å². The molecule has 0 fully saturated rings. The van der Waals surface area contributed by atoms with Crippen LogP contribution in [-0.2, 0) is 26.2 Å². The Hall–Kier alpha value is -2.42. The second kappa shape index (κ2) is 13.6. The summed E-state index contributed by atoms with van der Waals surface area (Å²) in [6, 6.07) is 14.8. The predicted octanol–water partition coefficient (Wildman–Crippen LogP) is 4.32. The van der Waals surface area contributed by atoms with E-state index in [-0.39, 0.29) is 36.2 Å². The fourth-order valence-electron chi connectivity index (χ4n) is 3.62. The molecule has 0 aliphatic rings. The van der Waals surface area contributed by atoms with Gasteiger partial charge in [-0.15, -0.1) is 0 Å². The van der Waals surface area contributed by atoms with Gasteiger partial charge in [-0.3, -0.25) is 9.59 Å². The standard InChI is InChI=1S/C26H36ClN3O4S/c1-5-24(26(32)28-18-20(2)3)30(19-21-13-15-22(27)16-14-21)25(31)12-9-17-29(4)35(33,34)23-10-7-6-8-11-23/h6-8,10-11,13-16,20,24H,5,9,12,17-19H2,1-4H3,(H,28,32). The third kappa shape index (κ3) is 8.63. The number of carbonyl (C=O) groups is 2. The molecular weight excluding hydrogens is 486 g/mol. The molecule has 0 radical (unpaired) electrons. The summed E-state index contributed by atoms with van der Waals surface area (Å²) in [6.45, 7) is 6.88. The lowest BCUT2D eigenvalue weighted by Gasteiger charge is -2.31. The van der Waals surface area contributed by atoms with E-state index in [2.05, 4.69) is 5.32 Å². The van der Waals surface area contributed by atoms with Gasteiger partial charge in [0.2, 0.25) is 21.8 Å². The van der Waals surface area contributed by atoms with Gasteiger partial charge in [0.05, 0.1) is 4.90 Å². The normalized spacial score (nSPS) is 12.5. The molecule has 0 saturated carbocycles. The van der Waals surface area contributed by atoms with Crippen LogP contribution in [-0.4, -0.2) is 55.6 Å². The van der Waals surface area contributed by atoms with Gasteiger partial charge in [-0.1, -0.05) is 62.7 Å². The van der Waals surface area contributed by atoms with Crippen LogP contribution >= 0.6 is 11.6 Å². The van der Waals surface area contributed by atoms with E-state index in [4.69, 9.17) is 11.6 Å². The molecule has 0 bridgehead atoms. The van der Waals surface area contributed by atoms with E-state index in [1.165, 1.54) is 11.4 Å². The Morgan fingerprint density at radius 2 is 1.66 bits per heavy atom. The maximum atomic E-state index is 13.3. The second-order valence-electron chi connectivity index (χ2n) is 8.95. The van der Waals surface area contributed by atoms with Gasteiger partial charge < -0.3 is 10.2 Å². The molecule has 0 saturated heterocycles. The predicted molar refractivity (Wildman–Crippen MR) is 139 cm³/mol.